The number of hydrogen-bond donors (Lipinski definition) is 0. The highest BCUT2D eigenvalue weighted by molar-refractivity contribution is 6.36. The summed E-state index contributed by atoms with van der Waals surface area (Å²) in [5, 5.41) is 9.60. The van der Waals surface area contributed by atoms with E-state index in [4.69, 9.17) is 23.2 Å². The summed E-state index contributed by atoms with van der Waals surface area (Å²) in [5.74, 6) is 1.92. The summed E-state index contributed by atoms with van der Waals surface area (Å²) in [7, 11) is 3.55. The lowest BCUT2D eigenvalue weighted by Crippen LogP contribution is -2.39. The van der Waals surface area contributed by atoms with Gasteiger partial charge in [0.2, 0.25) is 5.91 Å². The Morgan fingerprint density at radius 1 is 1.10 bits per heavy atom. The fraction of sp³-hybridized carbons (Fsp3) is 0.500. The molecule has 0 aliphatic carbocycles. The lowest BCUT2D eigenvalue weighted by Gasteiger charge is -2.32. The zero-order chi connectivity index (χ0) is 20.7. The Bertz CT molecular complexity index is 950. The first-order valence-corrected chi connectivity index (χ1v) is 10.5. The van der Waals surface area contributed by atoms with Crippen LogP contribution in [-0.2, 0) is 11.2 Å². The number of benzene rings is 1. The topological polar surface area (TPSA) is 71.3 Å². The maximum absolute atomic E-state index is 12.8. The van der Waals surface area contributed by atoms with Crippen LogP contribution in [0.15, 0.2) is 18.2 Å². The van der Waals surface area contributed by atoms with Gasteiger partial charge in [-0.1, -0.05) is 23.2 Å². The average molecular weight is 436 g/mol. The molecule has 2 aliphatic heterocycles. The normalized spacial score (nSPS) is 19.3. The van der Waals surface area contributed by atoms with E-state index in [0.29, 0.717) is 28.7 Å². The smallest absolute Gasteiger partial charge is 0.255 e. The molecule has 1 aromatic carbocycles. The van der Waals surface area contributed by atoms with E-state index in [9.17, 15) is 9.59 Å². The van der Waals surface area contributed by atoms with Crippen molar-refractivity contribution in [3.63, 3.8) is 0 Å². The monoisotopic (exact) mass is 435 g/mol. The molecule has 1 atom stereocenters. The molecule has 1 aromatic heterocycles. The number of likely N-dealkylation sites (N-methyl/N-ethyl adjacent to an activating group) is 1. The van der Waals surface area contributed by atoms with Crippen LogP contribution in [0, 0.1) is 0 Å². The minimum atomic E-state index is -0.225. The summed E-state index contributed by atoms with van der Waals surface area (Å²) in [6.07, 6.45) is 3.08. The van der Waals surface area contributed by atoms with Crippen molar-refractivity contribution < 1.29 is 9.59 Å². The zero-order valence-corrected chi connectivity index (χ0v) is 17.9. The van der Waals surface area contributed by atoms with Crippen LogP contribution in [0.25, 0.3) is 0 Å². The van der Waals surface area contributed by atoms with Gasteiger partial charge in [0.1, 0.15) is 17.7 Å². The second-order valence-corrected chi connectivity index (χ2v) is 8.67. The Morgan fingerprint density at radius 3 is 2.48 bits per heavy atom. The molecular formula is C20H23Cl2N5O2. The van der Waals surface area contributed by atoms with Gasteiger partial charge in [-0.25, -0.2) is 0 Å². The zero-order valence-electron chi connectivity index (χ0n) is 16.4. The Labute approximate surface area is 179 Å². The third-order valence-corrected chi connectivity index (χ3v) is 6.33. The number of hydrogen-bond acceptors (Lipinski definition) is 4. The van der Waals surface area contributed by atoms with Gasteiger partial charge in [-0.05, 0) is 37.5 Å². The molecule has 3 heterocycles. The fourth-order valence-electron chi connectivity index (χ4n) is 4.23. The van der Waals surface area contributed by atoms with Crippen molar-refractivity contribution in [2.75, 3.05) is 27.2 Å². The number of halogens is 2. The lowest BCUT2D eigenvalue weighted by atomic mass is 9.95. The molecule has 0 spiro atoms. The van der Waals surface area contributed by atoms with Crippen molar-refractivity contribution in [2.24, 2.45) is 0 Å². The van der Waals surface area contributed by atoms with E-state index in [-0.39, 0.29) is 23.8 Å². The van der Waals surface area contributed by atoms with Gasteiger partial charge < -0.3 is 14.4 Å². The van der Waals surface area contributed by atoms with Crippen LogP contribution >= 0.6 is 23.2 Å². The first-order chi connectivity index (χ1) is 13.9. The summed E-state index contributed by atoms with van der Waals surface area (Å²) >= 11 is 12.1. The molecule has 0 N–H and O–H groups in total. The molecule has 2 aliphatic rings. The third-order valence-electron chi connectivity index (χ3n) is 5.78. The summed E-state index contributed by atoms with van der Waals surface area (Å²) in [6.45, 7) is 1.22. The van der Waals surface area contributed by atoms with Crippen LogP contribution in [0.4, 0.5) is 0 Å². The predicted octanol–water partition coefficient (Wildman–Crippen LogP) is 3.18. The molecule has 0 bridgehead atoms. The van der Waals surface area contributed by atoms with Crippen LogP contribution < -0.4 is 0 Å². The predicted molar refractivity (Wildman–Crippen MR) is 110 cm³/mol. The molecule has 1 fully saturated rings. The van der Waals surface area contributed by atoms with E-state index in [1.165, 1.54) is 0 Å². The van der Waals surface area contributed by atoms with Gasteiger partial charge in [0, 0.05) is 44.5 Å². The molecule has 1 unspecified atom stereocenters. The number of nitrogens with zero attached hydrogens (tertiary/aromatic N) is 5. The van der Waals surface area contributed by atoms with Gasteiger partial charge in [-0.2, -0.15) is 0 Å². The van der Waals surface area contributed by atoms with Gasteiger partial charge in [0.05, 0.1) is 10.6 Å². The Morgan fingerprint density at radius 2 is 1.83 bits per heavy atom. The van der Waals surface area contributed by atoms with Gasteiger partial charge in [0.15, 0.2) is 0 Å². The van der Waals surface area contributed by atoms with Gasteiger partial charge in [0.25, 0.3) is 5.91 Å². The van der Waals surface area contributed by atoms with E-state index >= 15 is 0 Å². The standard InChI is InChI=1S/C20H23Cl2N5O2/c1-25(2)20(29)16-5-6-17-23-24-18(27(16)17)12-7-9-26(10-8-12)19(28)14-4-3-13(21)11-15(14)22/h3-4,11-12,16H,5-10H2,1-2H3. The maximum atomic E-state index is 12.8. The number of carbonyl (C=O) groups is 2. The fourth-order valence-corrected chi connectivity index (χ4v) is 4.72. The number of piperidine rings is 1. The lowest BCUT2D eigenvalue weighted by molar-refractivity contribution is -0.132. The van der Waals surface area contributed by atoms with Gasteiger partial charge in [-0.3, -0.25) is 9.59 Å². The van der Waals surface area contributed by atoms with Crippen molar-refractivity contribution in [3.05, 3.63) is 45.5 Å². The maximum Gasteiger partial charge on any atom is 0.255 e. The highest BCUT2D eigenvalue weighted by Gasteiger charge is 2.36. The van der Waals surface area contributed by atoms with Crippen molar-refractivity contribution in [2.45, 2.75) is 37.6 Å². The molecule has 9 heteroatoms. The highest BCUT2D eigenvalue weighted by atomic mass is 35.5. The second-order valence-electron chi connectivity index (χ2n) is 7.82. The van der Waals surface area contributed by atoms with Crippen molar-refractivity contribution >= 4 is 35.0 Å². The van der Waals surface area contributed by atoms with E-state index in [1.807, 2.05) is 9.47 Å². The van der Waals surface area contributed by atoms with Gasteiger partial charge >= 0.3 is 0 Å². The Hall–Kier alpha value is -2.12. The first kappa shape index (κ1) is 20.2. The quantitative estimate of drug-likeness (QED) is 0.741. The van der Waals surface area contributed by atoms with Crippen molar-refractivity contribution in [1.82, 2.24) is 24.6 Å². The molecule has 2 amide bonds. The molecule has 154 valence electrons. The highest BCUT2D eigenvalue weighted by Crippen LogP contribution is 2.35. The second kappa shape index (κ2) is 7.95. The van der Waals surface area contributed by atoms with Crippen LogP contribution in [0.3, 0.4) is 0 Å². The summed E-state index contributed by atoms with van der Waals surface area (Å²) < 4.78 is 2.03. The van der Waals surface area contributed by atoms with Crippen molar-refractivity contribution in [1.29, 1.82) is 0 Å². The van der Waals surface area contributed by atoms with Gasteiger partial charge in [-0.15, -0.1) is 10.2 Å². The number of fused-ring (bicyclic) bond motifs is 1. The molecule has 4 rings (SSSR count). The number of aryl methyl sites for hydroxylation is 1. The van der Waals surface area contributed by atoms with E-state index in [0.717, 1.165) is 37.3 Å². The summed E-state index contributed by atoms with van der Waals surface area (Å²) in [4.78, 5) is 28.9. The minimum absolute atomic E-state index is 0.0785. The minimum Gasteiger partial charge on any atom is -0.347 e. The molecule has 2 aromatic rings. The van der Waals surface area contributed by atoms with E-state index in [2.05, 4.69) is 10.2 Å². The number of carbonyl (C=O) groups excluding carboxylic acids is 2. The Kier molecular flexibility index (Phi) is 5.53. The van der Waals surface area contributed by atoms with Crippen molar-refractivity contribution in [3.8, 4) is 0 Å². The molecule has 1 saturated heterocycles. The summed E-state index contributed by atoms with van der Waals surface area (Å²) in [5.41, 5.74) is 0.467. The molecular weight excluding hydrogens is 413 g/mol. The van der Waals surface area contributed by atoms with Crippen LogP contribution in [-0.4, -0.2) is 63.6 Å². The van der Waals surface area contributed by atoms with Crippen LogP contribution in [0.5, 0.6) is 0 Å². The summed E-state index contributed by atoms with van der Waals surface area (Å²) in [6, 6.07) is 4.71. The first-order valence-electron chi connectivity index (χ1n) is 9.76. The van der Waals surface area contributed by atoms with Crippen LogP contribution in [0.1, 0.15) is 53.2 Å². The third kappa shape index (κ3) is 3.73. The average Bonchev–Trinajstić information content (AvgIpc) is 3.29. The number of amides is 2. The molecule has 0 saturated carbocycles. The van der Waals surface area contributed by atoms with E-state index in [1.54, 1.807) is 37.2 Å². The number of likely N-dealkylation sites (tertiary alicyclic amines) is 1. The SMILES string of the molecule is CN(C)C(=O)C1CCc2nnc(C3CCN(C(=O)c4ccc(Cl)cc4Cl)CC3)n21. The number of rotatable bonds is 3. The van der Waals surface area contributed by atoms with E-state index < -0.39 is 0 Å². The van der Waals surface area contributed by atoms with Crippen LogP contribution in [0.2, 0.25) is 10.0 Å². The molecule has 0 radical (unpaired) electrons. The molecule has 29 heavy (non-hydrogen) atoms. The molecule has 7 nitrogen and oxygen atoms in total. The largest absolute Gasteiger partial charge is 0.347 e. The number of aromatic nitrogens is 3. The Balaban J connectivity index is 1.47.